The van der Waals surface area contributed by atoms with Crippen LogP contribution < -0.4 is 31.0 Å². The summed E-state index contributed by atoms with van der Waals surface area (Å²) in [6.07, 6.45) is 0. The van der Waals surface area contributed by atoms with Crippen LogP contribution in [-0.4, -0.2) is 18.9 Å². The highest BCUT2D eigenvalue weighted by atomic mass is 79.9. The number of hydrogen-bond donors (Lipinski definition) is 0. The molecule has 142 valence electrons. The van der Waals surface area contributed by atoms with Crippen LogP contribution in [-0.2, 0) is 11.3 Å². The maximum absolute atomic E-state index is 13.0. The van der Waals surface area contributed by atoms with Crippen LogP contribution in [0.1, 0.15) is 27.9 Å². The minimum absolute atomic E-state index is 0. The third-order valence-corrected chi connectivity index (χ3v) is 5.34. The first-order valence-electron chi connectivity index (χ1n) is 8.17. The van der Waals surface area contributed by atoms with Gasteiger partial charge in [0, 0.05) is 24.6 Å². The van der Waals surface area contributed by atoms with Gasteiger partial charge >= 0.3 is 5.97 Å². The first kappa shape index (κ1) is 21.1. The largest absolute Gasteiger partial charge is 1.00 e. The Morgan fingerprint density at radius 1 is 1.15 bits per heavy atom. The van der Waals surface area contributed by atoms with Crippen molar-refractivity contribution in [3.63, 3.8) is 0 Å². The molecule has 5 nitrogen and oxygen atoms in total. The van der Waals surface area contributed by atoms with Crippen LogP contribution in [0, 0.1) is 13.8 Å². The quantitative estimate of drug-likeness (QED) is 0.248. The summed E-state index contributed by atoms with van der Waals surface area (Å²) in [4.78, 5) is 25.7. The Morgan fingerprint density at radius 2 is 1.81 bits per heavy atom. The lowest BCUT2D eigenvalue weighted by Crippen LogP contribution is -3.00. The number of nitrogens with zero attached hydrogens (tertiary/aromatic N) is 1. The van der Waals surface area contributed by atoms with Gasteiger partial charge in [0.1, 0.15) is 11.5 Å². The zero-order chi connectivity index (χ0) is 18.8. The van der Waals surface area contributed by atoms with Crippen LogP contribution in [0.2, 0.25) is 0 Å². The summed E-state index contributed by atoms with van der Waals surface area (Å²) in [5, 5.41) is 1.46. The molecule has 0 spiro atoms. The van der Waals surface area contributed by atoms with E-state index in [2.05, 4.69) is 0 Å². The first-order valence-corrected chi connectivity index (χ1v) is 9.05. The lowest BCUT2D eigenvalue weighted by Gasteiger charge is -2.14. The van der Waals surface area contributed by atoms with E-state index < -0.39 is 5.97 Å². The summed E-state index contributed by atoms with van der Waals surface area (Å²) in [6, 6.07) is 9.00. The third-order valence-electron chi connectivity index (χ3n) is 4.33. The number of methoxy groups -OCH3 is 1. The summed E-state index contributed by atoms with van der Waals surface area (Å²) in [7, 11) is 1.54. The van der Waals surface area contributed by atoms with Crippen molar-refractivity contribution < 1.29 is 40.6 Å². The Hall–Kier alpha value is -2.25. The zero-order valence-electron chi connectivity index (χ0n) is 15.5. The molecule has 1 aromatic heterocycles. The van der Waals surface area contributed by atoms with Crippen LogP contribution in [0.3, 0.4) is 0 Å². The molecule has 0 atom stereocenters. The second-order valence-electron chi connectivity index (χ2n) is 6.01. The summed E-state index contributed by atoms with van der Waals surface area (Å²) >= 11 is 1.60. The summed E-state index contributed by atoms with van der Waals surface area (Å²) in [6.45, 7) is 5.55. The van der Waals surface area contributed by atoms with Crippen LogP contribution in [0.5, 0.6) is 11.5 Å². The molecule has 1 heterocycles. The molecule has 0 radical (unpaired) electrons. The average molecular weight is 450 g/mol. The Balaban J connectivity index is 0.00000261. The Kier molecular flexibility index (Phi) is 6.73. The maximum Gasteiger partial charge on any atom is 0.308 e. The van der Waals surface area contributed by atoms with E-state index in [0.717, 1.165) is 16.5 Å². The molecule has 3 rings (SSSR count). The minimum atomic E-state index is -0.433. The molecule has 0 aliphatic heterocycles. The number of fused-ring (bicyclic) bond motifs is 1. The number of rotatable bonds is 5. The number of hydrogen-bond acceptors (Lipinski definition) is 5. The maximum atomic E-state index is 13.0. The molecule has 2 aromatic carbocycles. The highest BCUT2D eigenvalue weighted by Gasteiger charge is 2.24. The molecular formula is C20H20BrNO4S. The number of thiazole rings is 1. The van der Waals surface area contributed by atoms with E-state index in [4.69, 9.17) is 9.47 Å². The van der Waals surface area contributed by atoms with Crippen molar-refractivity contribution in [2.75, 3.05) is 7.11 Å². The second kappa shape index (κ2) is 8.63. The molecule has 7 heteroatoms. The fourth-order valence-electron chi connectivity index (χ4n) is 2.89. The molecule has 27 heavy (non-hydrogen) atoms. The van der Waals surface area contributed by atoms with Gasteiger partial charge in [0.15, 0.2) is 5.69 Å². The Labute approximate surface area is 172 Å². The molecule has 0 N–H and O–H groups in total. The van der Waals surface area contributed by atoms with E-state index in [1.54, 1.807) is 17.4 Å². The molecule has 0 saturated heterocycles. The predicted molar refractivity (Wildman–Crippen MR) is 100 cm³/mol. The van der Waals surface area contributed by atoms with E-state index in [-0.39, 0.29) is 29.3 Å². The average Bonchev–Trinajstić information content (AvgIpc) is 2.93. The van der Waals surface area contributed by atoms with E-state index in [9.17, 15) is 9.59 Å². The summed E-state index contributed by atoms with van der Waals surface area (Å²) in [5.74, 6) is 0.316. The van der Waals surface area contributed by atoms with Crippen molar-refractivity contribution in [1.82, 2.24) is 0 Å². The highest BCUT2D eigenvalue weighted by molar-refractivity contribution is 7.09. The lowest BCUT2D eigenvalue weighted by molar-refractivity contribution is -0.684. The molecule has 0 unspecified atom stereocenters. The number of aromatic nitrogens is 1. The van der Waals surface area contributed by atoms with Crippen molar-refractivity contribution >= 4 is 33.9 Å². The Morgan fingerprint density at radius 3 is 2.37 bits per heavy atom. The number of halogens is 1. The number of benzene rings is 2. The van der Waals surface area contributed by atoms with Gasteiger partial charge in [-0.2, -0.15) is 4.57 Å². The predicted octanol–water partition coefficient (Wildman–Crippen LogP) is 0.626. The van der Waals surface area contributed by atoms with Gasteiger partial charge in [0.25, 0.3) is 0 Å². The normalized spacial score (nSPS) is 10.4. The van der Waals surface area contributed by atoms with Gasteiger partial charge in [0.05, 0.1) is 17.6 Å². The third kappa shape index (κ3) is 4.20. The van der Waals surface area contributed by atoms with Crippen molar-refractivity contribution in [2.24, 2.45) is 0 Å². The van der Waals surface area contributed by atoms with Gasteiger partial charge in [-0.1, -0.05) is 35.6 Å². The standard InChI is InChI=1S/C20H20NO4S.BrH/c1-12-13(2)26-11-21(12)10-18(23)17-9-19(25-14(3)22)15-7-5-6-8-16(15)20(17)24-4;/h5-9,11H,10H2,1-4H3;1H/q+1;/p-1. The molecule has 0 saturated carbocycles. The molecule has 0 fully saturated rings. The number of Topliss-reactive ketones (excluding diaryl/α,β-unsaturated/α-hetero) is 1. The van der Waals surface area contributed by atoms with Crippen molar-refractivity contribution in [3.8, 4) is 11.5 Å². The summed E-state index contributed by atoms with van der Waals surface area (Å²) in [5.41, 5.74) is 3.39. The topological polar surface area (TPSA) is 56.5 Å². The van der Waals surface area contributed by atoms with Gasteiger partial charge in [-0.05, 0) is 13.0 Å². The van der Waals surface area contributed by atoms with Gasteiger partial charge in [0.2, 0.25) is 17.8 Å². The number of esters is 1. The van der Waals surface area contributed by atoms with Gasteiger partial charge in [-0.15, -0.1) is 0 Å². The molecule has 0 aliphatic rings. The van der Waals surface area contributed by atoms with Crippen molar-refractivity contribution in [1.29, 1.82) is 0 Å². The van der Waals surface area contributed by atoms with Crippen molar-refractivity contribution in [2.45, 2.75) is 27.3 Å². The van der Waals surface area contributed by atoms with E-state index in [1.165, 1.54) is 18.9 Å². The summed E-state index contributed by atoms with van der Waals surface area (Å²) < 4.78 is 12.8. The number of ketones is 1. The van der Waals surface area contributed by atoms with Crippen LogP contribution in [0.15, 0.2) is 35.8 Å². The van der Waals surface area contributed by atoms with E-state index in [0.29, 0.717) is 17.1 Å². The van der Waals surface area contributed by atoms with Crippen LogP contribution >= 0.6 is 11.3 Å². The number of aryl methyl sites for hydroxylation is 1. The number of carbonyl (C=O) groups is 2. The smallest absolute Gasteiger partial charge is 0.308 e. The van der Waals surface area contributed by atoms with Gasteiger partial charge in [-0.3, -0.25) is 9.59 Å². The van der Waals surface area contributed by atoms with Crippen LogP contribution in [0.25, 0.3) is 10.8 Å². The van der Waals surface area contributed by atoms with Crippen molar-refractivity contribution in [3.05, 3.63) is 52.0 Å². The number of ether oxygens (including phenoxy) is 2. The number of carbonyl (C=O) groups excluding carboxylic acids is 2. The minimum Gasteiger partial charge on any atom is -1.00 e. The van der Waals surface area contributed by atoms with E-state index in [1.807, 2.05) is 48.2 Å². The fraction of sp³-hybridized carbons (Fsp3) is 0.250. The fourth-order valence-corrected chi connectivity index (χ4v) is 3.69. The van der Waals surface area contributed by atoms with Gasteiger partial charge in [-0.25, -0.2) is 0 Å². The molecular weight excluding hydrogens is 430 g/mol. The van der Waals surface area contributed by atoms with E-state index >= 15 is 0 Å². The van der Waals surface area contributed by atoms with Crippen LogP contribution in [0.4, 0.5) is 0 Å². The Bertz CT molecular complexity index is 1010. The molecule has 0 aliphatic carbocycles. The molecule has 0 amide bonds. The molecule has 3 aromatic rings. The highest BCUT2D eigenvalue weighted by Crippen LogP contribution is 2.37. The first-order chi connectivity index (χ1) is 12.4. The SMILES string of the molecule is COc1c(C(=O)C[n+]2csc(C)c2C)cc(OC(C)=O)c2ccccc12.[Br-]. The molecule has 0 bridgehead atoms. The zero-order valence-corrected chi connectivity index (χ0v) is 17.9. The second-order valence-corrected chi connectivity index (χ2v) is 7.07. The lowest BCUT2D eigenvalue weighted by atomic mass is 10.0. The van der Waals surface area contributed by atoms with Gasteiger partial charge < -0.3 is 26.5 Å². The monoisotopic (exact) mass is 449 g/mol.